The maximum atomic E-state index is 13.1. The molecule has 7 nitrogen and oxygen atoms in total. The van der Waals surface area contributed by atoms with Crippen LogP contribution in [-0.2, 0) is 9.63 Å². The SMILES string of the molecule is Cc1nc([C@@H]2CCON2C(=O)C2CCC(COc3cccc(C(N)=O)c3)CC2)cs1. The van der Waals surface area contributed by atoms with Gasteiger partial charge in [0.2, 0.25) is 11.8 Å². The number of carbonyl (C=O) groups is 2. The van der Waals surface area contributed by atoms with Crippen molar-refractivity contribution >= 4 is 23.2 Å². The maximum Gasteiger partial charge on any atom is 0.249 e. The Morgan fingerprint density at radius 3 is 2.77 bits per heavy atom. The second kappa shape index (κ2) is 9.14. The maximum absolute atomic E-state index is 13.1. The zero-order valence-corrected chi connectivity index (χ0v) is 17.9. The van der Waals surface area contributed by atoms with Crippen LogP contribution < -0.4 is 10.5 Å². The molecule has 0 spiro atoms. The van der Waals surface area contributed by atoms with Crippen molar-refractivity contribution in [1.29, 1.82) is 0 Å². The van der Waals surface area contributed by atoms with Gasteiger partial charge in [-0.05, 0) is 56.7 Å². The zero-order valence-electron chi connectivity index (χ0n) is 17.1. The van der Waals surface area contributed by atoms with Gasteiger partial charge in [-0.2, -0.15) is 0 Å². The third kappa shape index (κ3) is 4.65. The Kier molecular flexibility index (Phi) is 6.34. The lowest BCUT2D eigenvalue weighted by atomic mass is 9.81. The molecule has 1 atom stereocenters. The Morgan fingerprint density at radius 2 is 2.07 bits per heavy atom. The van der Waals surface area contributed by atoms with E-state index in [4.69, 9.17) is 15.3 Å². The van der Waals surface area contributed by atoms with E-state index >= 15 is 0 Å². The van der Waals surface area contributed by atoms with Gasteiger partial charge in [0.25, 0.3) is 0 Å². The fraction of sp³-hybridized carbons (Fsp3) is 0.500. The second-order valence-electron chi connectivity index (χ2n) is 8.01. The van der Waals surface area contributed by atoms with E-state index in [2.05, 4.69) is 4.98 Å². The molecule has 2 aliphatic rings. The molecule has 0 bridgehead atoms. The highest BCUT2D eigenvalue weighted by Gasteiger charge is 2.38. The highest BCUT2D eigenvalue weighted by Crippen LogP contribution is 2.36. The lowest BCUT2D eigenvalue weighted by molar-refractivity contribution is -0.183. The van der Waals surface area contributed by atoms with Crippen LogP contribution in [0.25, 0.3) is 0 Å². The van der Waals surface area contributed by atoms with Crippen LogP contribution in [0.15, 0.2) is 29.6 Å². The summed E-state index contributed by atoms with van der Waals surface area (Å²) in [5.74, 6) is 0.644. The molecule has 1 aromatic heterocycles. The van der Waals surface area contributed by atoms with Gasteiger partial charge in [-0.25, -0.2) is 10.0 Å². The molecule has 8 heteroatoms. The number of hydroxylamine groups is 2. The van der Waals surface area contributed by atoms with E-state index < -0.39 is 5.91 Å². The molecule has 160 valence electrons. The molecule has 1 aromatic carbocycles. The number of ether oxygens (including phenoxy) is 1. The number of primary amides is 1. The van der Waals surface area contributed by atoms with Crippen LogP contribution in [-0.4, -0.2) is 35.1 Å². The number of amides is 2. The van der Waals surface area contributed by atoms with Gasteiger partial charge in [0.1, 0.15) is 11.8 Å². The number of thiazole rings is 1. The first kappa shape index (κ1) is 20.8. The number of rotatable bonds is 6. The molecule has 2 fully saturated rings. The van der Waals surface area contributed by atoms with Crippen LogP contribution >= 0.6 is 11.3 Å². The number of benzene rings is 1. The summed E-state index contributed by atoms with van der Waals surface area (Å²) in [5.41, 5.74) is 6.70. The Morgan fingerprint density at radius 1 is 1.27 bits per heavy atom. The summed E-state index contributed by atoms with van der Waals surface area (Å²) in [6.07, 6.45) is 4.32. The number of aromatic nitrogens is 1. The Labute approximate surface area is 180 Å². The molecule has 4 rings (SSSR count). The summed E-state index contributed by atoms with van der Waals surface area (Å²) in [5, 5.41) is 4.60. The molecule has 1 saturated heterocycles. The summed E-state index contributed by atoms with van der Waals surface area (Å²) >= 11 is 1.60. The Balaban J connectivity index is 1.28. The first-order valence-electron chi connectivity index (χ1n) is 10.4. The smallest absolute Gasteiger partial charge is 0.249 e. The number of hydrogen-bond acceptors (Lipinski definition) is 6. The zero-order chi connectivity index (χ0) is 21.1. The van der Waals surface area contributed by atoms with Gasteiger partial charge in [-0.1, -0.05) is 6.07 Å². The predicted octanol–water partition coefficient (Wildman–Crippen LogP) is 3.64. The minimum absolute atomic E-state index is 0.0141. The van der Waals surface area contributed by atoms with E-state index in [-0.39, 0.29) is 17.9 Å². The molecule has 1 aliphatic carbocycles. The van der Waals surface area contributed by atoms with Crippen LogP contribution in [0, 0.1) is 18.8 Å². The fourth-order valence-corrected chi connectivity index (χ4v) is 4.86. The lowest BCUT2D eigenvalue weighted by Gasteiger charge is -2.31. The predicted molar refractivity (Wildman–Crippen MR) is 113 cm³/mol. The molecule has 2 amide bonds. The second-order valence-corrected chi connectivity index (χ2v) is 9.08. The minimum atomic E-state index is -0.463. The van der Waals surface area contributed by atoms with E-state index in [1.165, 1.54) is 0 Å². The van der Waals surface area contributed by atoms with Crippen molar-refractivity contribution in [3.8, 4) is 5.75 Å². The average molecular weight is 430 g/mol. The fourth-order valence-electron chi connectivity index (χ4n) is 4.20. The molecule has 2 aromatic rings. The Bertz CT molecular complexity index is 907. The topological polar surface area (TPSA) is 94.8 Å². The monoisotopic (exact) mass is 429 g/mol. The summed E-state index contributed by atoms with van der Waals surface area (Å²) in [6.45, 7) is 3.11. The van der Waals surface area contributed by atoms with Crippen LogP contribution in [0.1, 0.15) is 59.2 Å². The Hall–Kier alpha value is -2.45. The van der Waals surface area contributed by atoms with Gasteiger partial charge >= 0.3 is 0 Å². The van der Waals surface area contributed by atoms with Crippen LogP contribution in [0.4, 0.5) is 0 Å². The number of aryl methyl sites for hydroxylation is 1. The number of nitrogens with zero attached hydrogens (tertiary/aromatic N) is 2. The van der Waals surface area contributed by atoms with Gasteiger partial charge in [0.05, 0.1) is 23.9 Å². The van der Waals surface area contributed by atoms with E-state index in [0.717, 1.165) is 42.8 Å². The molecular weight excluding hydrogens is 402 g/mol. The van der Waals surface area contributed by atoms with Gasteiger partial charge in [-0.3, -0.25) is 14.4 Å². The summed E-state index contributed by atoms with van der Waals surface area (Å²) < 4.78 is 5.87. The van der Waals surface area contributed by atoms with Gasteiger partial charge in [-0.15, -0.1) is 11.3 Å². The van der Waals surface area contributed by atoms with E-state index in [1.807, 2.05) is 18.4 Å². The lowest BCUT2D eigenvalue weighted by Crippen LogP contribution is -2.37. The van der Waals surface area contributed by atoms with E-state index in [9.17, 15) is 9.59 Å². The highest BCUT2D eigenvalue weighted by atomic mass is 32.1. The number of hydrogen-bond donors (Lipinski definition) is 1. The quantitative estimate of drug-likeness (QED) is 0.756. The number of carbonyl (C=O) groups excluding carboxylic acids is 2. The van der Waals surface area contributed by atoms with Gasteiger partial charge in [0.15, 0.2) is 0 Å². The third-order valence-corrected chi connectivity index (χ3v) is 6.69. The molecule has 0 radical (unpaired) electrons. The molecule has 30 heavy (non-hydrogen) atoms. The standard InChI is InChI=1S/C22H27N3O4S/c1-14-24-19(13-30-14)20-9-10-29-25(20)22(27)16-7-5-15(6-8-16)12-28-18-4-2-3-17(11-18)21(23)26/h2-4,11,13,15-16,20H,5-10,12H2,1H3,(H2,23,26)/t15?,16?,20-/m0/s1. The van der Waals surface area contributed by atoms with Gasteiger partial charge in [0, 0.05) is 23.3 Å². The van der Waals surface area contributed by atoms with Gasteiger partial charge < -0.3 is 10.5 Å². The third-order valence-electron chi connectivity index (χ3n) is 5.90. The van der Waals surface area contributed by atoms with Crippen molar-refractivity contribution < 1.29 is 19.2 Å². The van der Waals surface area contributed by atoms with Crippen molar-refractivity contribution in [1.82, 2.24) is 10.0 Å². The minimum Gasteiger partial charge on any atom is -0.493 e. The molecule has 1 aliphatic heterocycles. The number of nitrogens with two attached hydrogens (primary N) is 1. The van der Waals surface area contributed by atoms with E-state index in [0.29, 0.717) is 30.4 Å². The first-order chi connectivity index (χ1) is 14.5. The van der Waals surface area contributed by atoms with Crippen molar-refractivity contribution in [3.05, 3.63) is 45.9 Å². The average Bonchev–Trinajstić information content (AvgIpc) is 3.41. The normalized spacial score (nSPS) is 24.0. The molecule has 2 heterocycles. The van der Waals surface area contributed by atoms with Crippen LogP contribution in [0.2, 0.25) is 0 Å². The largest absolute Gasteiger partial charge is 0.493 e. The molecule has 0 unspecified atom stereocenters. The summed E-state index contributed by atoms with van der Waals surface area (Å²) in [4.78, 5) is 34.6. The summed E-state index contributed by atoms with van der Waals surface area (Å²) in [7, 11) is 0. The van der Waals surface area contributed by atoms with Crippen molar-refractivity contribution in [2.45, 2.75) is 45.1 Å². The highest BCUT2D eigenvalue weighted by molar-refractivity contribution is 7.09. The van der Waals surface area contributed by atoms with Crippen molar-refractivity contribution in [3.63, 3.8) is 0 Å². The molecular formula is C22H27N3O4S. The van der Waals surface area contributed by atoms with Crippen molar-refractivity contribution in [2.24, 2.45) is 17.6 Å². The first-order valence-corrected chi connectivity index (χ1v) is 11.3. The molecule has 2 N–H and O–H groups in total. The van der Waals surface area contributed by atoms with Crippen LogP contribution in [0.3, 0.4) is 0 Å². The molecule has 1 saturated carbocycles. The van der Waals surface area contributed by atoms with Crippen LogP contribution in [0.5, 0.6) is 5.75 Å². The summed E-state index contributed by atoms with van der Waals surface area (Å²) in [6, 6.07) is 6.87. The van der Waals surface area contributed by atoms with Crippen molar-refractivity contribution in [2.75, 3.05) is 13.2 Å². The van der Waals surface area contributed by atoms with E-state index in [1.54, 1.807) is 34.6 Å².